The van der Waals surface area contributed by atoms with Crippen molar-refractivity contribution >= 4 is 0 Å². The summed E-state index contributed by atoms with van der Waals surface area (Å²) in [6.07, 6.45) is 5.40. The lowest BCUT2D eigenvalue weighted by Gasteiger charge is -2.43. The Hall–Kier alpha value is -0.120. The van der Waals surface area contributed by atoms with Gasteiger partial charge in [-0.15, -0.1) is 0 Å². The van der Waals surface area contributed by atoms with Gasteiger partial charge in [-0.3, -0.25) is 0 Å². The van der Waals surface area contributed by atoms with Gasteiger partial charge in [0.2, 0.25) is 0 Å². The molecule has 2 aliphatic rings. The highest BCUT2D eigenvalue weighted by atomic mass is 16.5. The summed E-state index contributed by atoms with van der Waals surface area (Å²) in [4.78, 5) is 2.61. The van der Waals surface area contributed by atoms with Crippen molar-refractivity contribution in [3.8, 4) is 0 Å². The number of ether oxygens (including phenoxy) is 1. The number of nitrogens with zero attached hydrogens (tertiary/aromatic N) is 1. The number of hydrogen-bond donors (Lipinski definition) is 1. The molecule has 0 amide bonds. The van der Waals surface area contributed by atoms with Crippen molar-refractivity contribution in [2.75, 3.05) is 39.4 Å². The highest BCUT2D eigenvalue weighted by Crippen LogP contribution is 2.51. The number of hydrogen-bond acceptors (Lipinski definition) is 3. The van der Waals surface area contributed by atoms with E-state index in [1.165, 1.54) is 38.9 Å². The van der Waals surface area contributed by atoms with Crippen molar-refractivity contribution in [1.29, 1.82) is 0 Å². The Morgan fingerprint density at radius 2 is 2.25 bits per heavy atom. The summed E-state index contributed by atoms with van der Waals surface area (Å²) in [5, 5.41) is 0. The third-order valence-corrected chi connectivity index (χ3v) is 4.43. The van der Waals surface area contributed by atoms with Gasteiger partial charge in [-0.25, -0.2) is 0 Å². The van der Waals surface area contributed by atoms with E-state index in [-0.39, 0.29) is 0 Å². The molecule has 1 saturated carbocycles. The monoisotopic (exact) mass is 226 g/mol. The van der Waals surface area contributed by atoms with Crippen LogP contribution < -0.4 is 5.73 Å². The van der Waals surface area contributed by atoms with Crippen molar-refractivity contribution in [3.05, 3.63) is 0 Å². The van der Waals surface area contributed by atoms with Crippen LogP contribution in [-0.4, -0.2) is 44.3 Å². The van der Waals surface area contributed by atoms with Crippen LogP contribution in [0.15, 0.2) is 0 Å². The standard InChI is InChI=1S/C13H26N2O/c1-2-16-10-12-9-15(8-4-7-14)11-13(12)5-3-6-13/h12H,2-11,14H2,1H3/t12-/m0/s1. The normalized spacial score (nSPS) is 28.5. The fourth-order valence-electron chi connectivity index (χ4n) is 3.32. The Kier molecular flexibility index (Phi) is 4.22. The molecule has 1 saturated heterocycles. The largest absolute Gasteiger partial charge is 0.381 e. The van der Waals surface area contributed by atoms with E-state index in [1.54, 1.807) is 0 Å². The molecule has 2 N–H and O–H groups in total. The van der Waals surface area contributed by atoms with Gasteiger partial charge in [0.25, 0.3) is 0 Å². The minimum Gasteiger partial charge on any atom is -0.381 e. The van der Waals surface area contributed by atoms with E-state index in [1.807, 2.05) is 0 Å². The quantitative estimate of drug-likeness (QED) is 0.745. The van der Waals surface area contributed by atoms with Gasteiger partial charge < -0.3 is 15.4 Å². The fraction of sp³-hybridized carbons (Fsp3) is 1.00. The average molecular weight is 226 g/mol. The predicted molar refractivity (Wildman–Crippen MR) is 66.4 cm³/mol. The summed E-state index contributed by atoms with van der Waals surface area (Å²) in [5.41, 5.74) is 6.20. The van der Waals surface area contributed by atoms with Crippen molar-refractivity contribution in [3.63, 3.8) is 0 Å². The smallest absolute Gasteiger partial charge is 0.0512 e. The highest BCUT2D eigenvalue weighted by Gasteiger charge is 2.49. The van der Waals surface area contributed by atoms with Gasteiger partial charge in [0.1, 0.15) is 0 Å². The van der Waals surface area contributed by atoms with Crippen molar-refractivity contribution in [2.24, 2.45) is 17.1 Å². The molecule has 2 fully saturated rings. The molecule has 0 unspecified atom stereocenters. The first kappa shape index (κ1) is 12.3. The van der Waals surface area contributed by atoms with E-state index in [2.05, 4.69) is 11.8 Å². The molecule has 1 spiro atoms. The fourth-order valence-corrected chi connectivity index (χ4v) is 3.32. The van der Waals surface area contributed by atoms with Crippen LogP contribution in [0.5, 0.6) is 0 Å². The Morgan fingerprint density at radius 1 is 1.44 bits per heavy atom. The maximum Gasteiger partial charge on any atom is 0.0512 e. The van der Waals surface area contributed by atoms with Gasteiger partial charge in [-0.2, -0.15) is 0 Å². The third kappa shape index (κ3) is 2.41. The van der Waals surface area contributed by atoms with E-state index in [9.17, 15) is 0 Å². The molecule has 1 aliphatic heterocycles. The second-order valence-corrected chi connectivity index (χ2v) is 5.45. The molecule has 3 heteroatoms. The Bertz CT molecular complexity index is 216. The number of likely N-dealkylation sites (tertiary alicyclic amines) is 1. The van der Waals surface area contributed by atoms with E-state index in [0.717, 1.165) is 32.1 Å². The Labute approximate surface area is 99.3 Å². The van der Waals surface area contributed by atoms with Gasteiger partial charge in [0.05, 0.1) is 6.61 Å². The molecule has 1 heterocycles. The molecular weight excluding hydrogens is 200 g/mol. The lowest BCUT2D eigenvalue weighted by molar-refractivity contribution is 0.0223. The molecule has 3 nitrogen and oxygen atoms in total. The maximum absolute atomic E-state index is 5.65. The zero-order chi connectivity index (χ0) is 11.4. The third-order valence-electron chi connectivity index (χ3n) is 4.43. The number of rotatable bonds is 6. The molecule has 16 heavy (non-hydrogen) atoms. The van der Waals surface area contributed by atoms with Crippen LogP contribution >= 0.6 is 0 Å². The molecule has 1 atom stereocenters. The van der Waals surface area contributed by atoms with E-state index >= 15 is 0 Å². The molecule has 2 rings (SSSR count). The summed E-state index contributed by atoms with van der Waals surface area (Å²) in [5.74, 6) is 0.777. The molecule has 0 aromatic rings. The van der Waals surface area contributed by atoms with Gasteiger partial charge in [-0.1, -0.05) is 6.42 Å². The van der Waals surface area contributed by atoms with Crippen molar-refractivity contribution < 1.29 is 4.74 Å². The first-order valence-electron chi connectivity index (χ1n) is 6.81. The van der Waals surface area contributed by atoms with Crippen LogP contribution in [0.25, 0.3) is 0 Å². The lowest BCUT2D eigenvalue weighted by atomic mass is 9.63. The van der Waals surface area contributed by atoms with Gasteiger partial charge in [-0.05, 0) is 44.7 Å². The molecule has 94 valence electrons. The van der Waals surface area contributed by atoms with Crippen molar-refractivity contribution in [2.45, 2.75) is 32.6 Å². The molecule has 1 aliphatic carbocycles. The Morgan fingerprint density at radius 3 is 2.81 bits per heavy atom. The van der Waals surface area contributed by atoms with E-state index in [0.29, 0.717) is 5.41 Å². The minimum absolute atomic E-state index is 0.615. The highest BCUT2D eigenvalue weighted by molar-refractivity contribution is 5.01. The zero-order valence-corrected chi connectivity index (χ0v) is 10.6. The first-order valence-corrected chi connectivity index (χ1v) is 6.81. The summed E-state index contributed by atoms with van der Waals surface area (Å²) in [6.45, 7) is 8.45. The van der Waals surface area contributed by atoms with Crippen LogP contribution in [-0.2, 0) is 4.74 Å². The topological polar surface area (TPSA) is 38.5 Å². The maximum atomic E-state index is 5.65. The molecule has 0 radical (unpaired) electrons. The first-order chi connectivity index (χ1) is 7.80. The van der Waals surface area contributed by atoms with Crippen molar-refractivity contribution in [1.82, 2.24) is 4.90 Å². The summed E-state index contributed by atoms with van der Waals surface area (Å²) in [7, 11) is 0. The van der Waals surface area contributed by atoms with Gasteiger partial charge in [0, 0.05) is 25.6 Å². The predicted octanol–water partition coefficient (Wildman–Crippen LogP) is 1.47. The van der Waals surface area contributed by atoms with Gasteiger partial charge >= 0.3 is 0 Å². The molecular formula is C13H26N2O. The van der Waals surface area contributed by atoms with Crippen LogP contribution in [0.2, 0.25) is 0 Å². The van der Waals surface area contributed by atoms with Crippen LogP contribution in [0.1, 0.15) is 32.6 Å². The summed E-state index contributed by atoms with van der Waals surface area (Å²) < 4.78 is 5.65. The Balaban J connectivity index is 1.85. The molecule has 0 aromatic heterocycles. The van der Waals surface area contributed by atoms with Crippen LogP contribution in [0, 0.1) is 11.3 Å². The van der Waals surface area contributed by atoms with E-state index in [4.69, 9.17) is 10.5 Å². The summed E-state index contributed by atoms with van der Waals surface area (Å²) in [6, 6.07) is 0. The molecule has 0 aromatic carbocycles. The second kappa shape index (κ2) is 5.48. The van der Waals surface area contributed by atoms with Crippen LogP contribution in [0.4, 0.5) is 0 Å². The SMILES string of the molecule is CCOC[C@@H]1CN(CCCN)CC12CCC2. The zero-order valence-electron chi connectivity index (χ0n) is 10.6. The minimum atomic E-state index is 0.615. The van der Waals surface area contributed by atoms with Gasteiger partial charge in [0.15, 0.2) is 0 Å². The average Bonchev–Trinajstić information content (AvgIpc) is 2.62. The molecule has 0 bridgehead atoms. The second-order valence-electron chi connectivity index (χ2n) is 5.45. The number of nitrogens with two attached hydrogens (primary N) is 1. The van der Waals surface area contributed by atoms with Crippen LogP contribution in [0.3, 0.4) is 0 Å². The summed E-state index contributed by atoms with van der Waals surface area (Å²) >= 11 is 0. The van der Waals surface area contributed by atoms with E-state index < -0.39 is 0 Å². The lowest BCUT2D eigenvalue weighted by Crippen LogP contribution is -2.39.